The first-order valence-corrected chi connectivity index (χ1v) is 10.3. The van der Waals surface area contributed by atoms with Gasteiger partial charge in [0.05, 0.1) is 27.4 Å². The Kier molecular flexibility index (Phi) is 4.52. The number of piperidine rings is 1. The van der Waals surface area contributed by atoms with Gasteiger partial charge in [-0.3, -0.25) is 4.90 Å². The summed E-state index contributed by atoms with van der Waals surface area (Å²) in [5.74, 6) is 2.19. The summed E-state index contributed by atoms with van der Waals surface area (Å²) in [5, 5.41) is 15.8. The van der Waals surface area contributed by atoms with Crippen molar-refractivity contribution >= 4 is 21.5 Å². The largest absolute Gasteiger partial charge is 0.497 e. The highest BCUT2D eigenvalue weighted by atomic mass is 16.5. The topological polar surface area (TPSA) is 51.2 Å². The lowest BCUT2D eigenvalue weighted by Crippen LogP contribution is -2.46. The number of aliphatic hydroxyl groups is 1. The van der Waals surface area contributed by atoms with Crippen molar-refractivity contribution in [2.24, 2.45) is 0 Å². The van der Waals surface area contributed by atoms with Crippen molar-refractivity contribution in [1.29, 1.82) is 0 Å². The van der Waals surface area contributed by atoms with E-state index in [1.54, 1.807) is 21.3 Å². The first-order chi connectivity index (χ1) is 14.2. The lowest BCUT2D eigenvalue weighted by Gasteiger charge is -2.44. The van der Waals surface area contributed by atoms with Gasteiger partial charge in [-0.2, -0.15) is 0 Å². The molecule has 0 bridgehead atoms. The van der Waals surface area contributed by atoms with Crippen LogP contribution >= 0.6 is 0 Å². The number of methoxy groups -OCH3 is 3. The van der Waals surface area contributed by atoms with E-state index in [-0.39, 0.29) is 6.04 Å². The molecule has 5 rings (SSSR count). The maximum absolute atomic E-state index is 11.5. The number of hydrogen-bond acceptors (Lipinski definition) is 5. The first kappa shape index (κ1) is 18.5. The number of aliphatic hydroxyl groups excluding tert-OH is 1. The highest BCUT2D eigenvalue weighted by Crippen LogP contribution is 2.47. The van der Waals surface area contributed by atoms with Crippen molar-refractivity contribution in [3.63, 3.8) is 0 Å². The van der Waals surface area contributed by atoms with Crippen molar-refractivity contribution in [3.05, 3.63) is 41.5 Å². The molecule has 1 saturated heterocycles. The molecule has 5 heteroatoms. The zero-order chi connectivity index (χ0) is 20.1. The quantitative estimate of drug-likeness (QED) is 0.668. The third-order valence-electron chi connectivity index (χ3n) is 6.67. The molecule has 1 fully saturated rings. The van der Waals surface area contributed by atoms with E-state index in [2.05, 4.69) is 17.0 Å². The average molecular weight is 393 g/mol. The highest BCUT2D eigenvalue weighted by molar-refractivity contribution is 6.12. The lowest BCUT2D eigenvalue weighted by atomic mass is 9.80. The summed E-state index contributed by atoms with van der Waals surface area (Å²) in [6, 6.07) is 10.4. The second-order valence-corrected chi connectivity index (χ2v) is 8.03. The Balaban J connectivity index is 1.89. The van der Waals surface area contributed by atoms with Gasteiger partial charge < -0.3 is 19.3 Å². The minimum Gasteiger partial charge on any atom is -0.497 e. The molecule has 1 N–H and O–H groups in total. The standard InChI is InChI=1S/C24H27NO4/c1-27-14-7-8-15-16(10-14)17-11-21(28-2)22(29-3)12-18(17)23-19(15)13-25-9-5-4-6-20(25)24(23)26/h7-8,10-12,20,24,26H,4-6,9,13H2,1-3H3/t20-,24+/m1/s1. The molecule has 2 heterocycles. The molecule has 29 heavy (non-hydrogen) atoms. The Morgan fingerprint density at radius 1 is 0.862 bits per heavy atom. The monoisotopic (exact) mass is 393 g/mol. The lowest BCUT2D eigenvalue weighted by molar-refractivity contribution is 0.00754. The molecular weight excluding hydrogens is 366 g/mol. The average Bonchev–Trinajstić information content (AvgIpc) is 2.77. The van der Waals surface area contributed by atoms with Crippen LogP contribution in [0.2, 0.25) is 0 Å². The molecule has 0 aromatic heterocycles. The predicted octanol–water partition coefficient (Wildman–Crippen LogP) is 4.42. The third-order valence-corrected chi connectivity index (χ3v) is 6.67. The Morgan fingerprint density at radius 2 is 1.59 bits per heavy atom. The van der Waals surface area contributed by atoms with Crippen LogP contribution in [-0.4, -0.2) is 43.9 Å². The Labute approximate surface area is 170 Å². The number of hydrogen-bond donors (Lipinski definition) is 1. The summed E-state index contributed by atoms with van der Waals surface area (Å²) < 4.78 is 16.7. The van der Waals surface area contributed by atoms with E-state index in [1.165, 1.54) is 23.8 Å². The second-order valence-electron chi connectivity index (χ2n) is 8.03. The van der Waals surface area contributed by atoms with Crippen LogP contribution < -0.4 is 14.2 Å². The SMILES string of the molecule is COc1ccc2c3c(c4cc(OC)c(OC)cc4c2c1)[C@@H](O)[C@H]1CCCCN1C3. The molecule has 0 aliphatic carbocycles. The van der Waals surface area contributed by atoms with Gasteiger partial charge in [-0.25, -0.2) is 0 Å². The minimum absolute atomic E-state index is 0.184. The number of nitrogens with zero attached hydrogens (tertiary/aromatic N) is 1. The molecule has 0 saturated carbocycles. The molecule has 0 radical (unpaired) electrons. The van der Waals surface area contributed by atoms with Crippen molar-refractivity contribution in [3.8, 4) is 17.2 Å². The van der Waals surface area contributed by atoms with E-state index >= 15 is 0 Å². The smallest absolute Gasteiger partial charge is 0.161 e. The van der Waals surface area contributed by atoms with Crippen LogP contribution in [0.4, 0.5) is 0 Å². The molecule has 3 aromatic rings. The molecule has 5 nitrogen and oxygen atoms in total. The Bertz CT molecular complexity index is 1090. The molecule has 2 atom stereocenters. The summed E-state index contributed by atoms with van der Waals surface area (Å²) >= 11 is 0. The van der Waals surface area contributed by atoms with E-state index in [4.69, 9.17) is 14.2 Å². The molecule has 0 spiro atoms. The van der Waals surface area contributed by atoms with Crippen LogP contribution in [-0.2, 0) is 6.54 Å². The van der Waals surface area contributed by atoms with Gasteiger partial charge in [-0.05, 0) is 76.3 Å². The maximum Gasteiger partial charge on any atom is 0.161 e. The molecule has 3 aromatic carbocycles. The van der Waals surface area contributed by atoms with Crippen LogP contribution in [0.25, 0.3) is 21.5 Å². The highest BCUT2D eigenvalue weighted by Gasteiger charge is 2.37. The van der Waals surface area contributed by atoms with Gasteiger partial charge in [0, 0.05) is 12.6 Å². The molecule has 2 aliphatic rings. The summed E-state index contributed by atoms with van der Waals surface area (Å²) in [4.78, 5) is 2.45. The summed E-state index contributed by atoms with van der Waals surface area (Å²) in [6.45, 7) is 1.91. The fourth-order valence-corrected chi connectivity index (χ4v) is 5.24. The number of fused-ring (bicyclic) bond motifs is 7. The fourth-order valence-electron chi connectivity index (χ4n) is 5.24. The van der Waals surface area contributed by atoms with Crippen molar-refractivity contribution in [2.45, 2.75) is 38.0 Å². The summed E-state index contributed by atoms with van der Waals surface area (Å²) in [7, 11) is 4.99. The van der Waals surface area contributed by atoms with Gasteiger partial charge in [-0.1, -0.05) is 12.5 Å². The van der Waals surface area contributed by atoms with Crippen LogP contribution in [0.15, 0.2) is 30.3 Å². The zero-order valence-electron chi connectivity index (χ0n) is 17.2. The normalized spacial score (nSPS) is 21.7. The first-order valence-electron chi connectivity index (χ1n) is 10.3. The molecule has 152 valence electrons. The van der Waals surface area contributed by atoms with Gasteiger partial charge >= 0.3 is 0 Å². The van der Waals surface area contributed by atoms with Crippen LogP contribution in [0.3, 0.4) is 0 Å². The van der Waals surface area contributed by atoms with E-state index in [0.717, 1.165) is 47.0 Å². The molecule has 0 amide bonds. The zero-order valence-corrected chi connectivity index (χ0v) is 17.2. The molecule has 0 unspecified atom stereocenters. The van der Waals surface area contributed by atoms with E-state index in [1.807, 2.05) is 18.2 Å². The van der Waals surface area contributed by atoms with Gasteiger partial charge in [-0.15, -0.1) is 0 Å². The van der Waals surface area contributed by atoms with E-state index in [9.17, 15) is 5.11 Å². The predicted molar refractivity (Wildman–Crippen MR) is 114 cm³/mol. The van der Waals surface area contributed by atoms with Crippen molar-refractivity contribution < 1.29 is 19.3 Å². The van der Waals surface area contributed by atoms with Gasteiger partial charge in [0.2, 0.25) is 0 Å². The number of benzene rings is 3. The Morgan fingerprint density at radius 3 is 2.31 bits per heavy atom. The summed E-state index contributed by atoms with van der Waals surface area (Å²) in [6.07, 6.45) is 2.90. The van der Waals surface area contributed by atoms with Crippen LogP contribution in [0.5, 0.6) is 17.2 Å². The van der Waals surface area contributed by atoms with Crippen LogP contribution in [0, 0.1) is 0 Å². The van der Waals surface area contributed by atoms with Gasteiger partial charge in [0.25, 0.3) is 0 Å². The number of ether oxygens (including phenoxy) is 3. The molecule has 2 aliphatic heterocycles. The number of rotatable bonds is 3. The fraction of sp³-hybridized carbons (Fsp3) is 0.417. The van der Waals surface area contributed by atoms with E-state index < -0.39 is 6.10 Å². The van der Waals surface area contributed by atoms with Crippen molar-refractivity contribution in [1.82, 2.24) is 4.90 Å². The third kappa shape index (κ3) is 2.75. The van der Waals surface area contributed by atoms with Crippen LogP contribution in [0.1, 0.15) is 36.5 Å². The van der Waals surface area contributed by atoms with E-state index in [0.29, 0.717) is 11.5 Å². The van der Waals surface area contributed by atoms with Gasteiger partial charge in [0.1, 0.15) is 5.75 Å². The minimum atomic E-state index is -0.508. The van der Waals surface area contributed by atoms with Crippen molar-refractivity contribution in [2.75, 3.05) is 27.9 Å². The maximum atomic E-state index is 11.5. The Hall–Kier alpha value is -2.50. The van der Waals surface area contributed by atoms with Gasteiger partial charge in [0.15, 0.2) is 11.5 Å². The molecular formula is C24H27NO4. The second kappa shape index (κ2) is 7.08. The summed E-state index contributed by atoms with van der Waals surface area (Å²) in [5.41, 5.74) is 2.26.